The SMILES string of the molecule is c1ccc(-c2nc(-c3ccccc3)nc(-c3c4nc(-c5ccc6ccccc6c5)sc4cc4oc5ccccc5c34)n2)cc1. The zero-order valence-corrected chi connectivity index (χ0v) is 24.1. The van der Waals surface area contributed by atoms with E-state index in [1.54, 1.807) is 11.3 Å². The molecule has 0 saturated carbocycles. The fourth-order valence-corrected chi connectivity index (χ4v) is 6.85. The second-order valence-corrected chi connectivity index (χ2v) is 11.7. The first-order chi connectivity index (χ1) is 21.8. The second kappa shape index (κ2) is 9.93. The van der Waals surface area contributed by atoms with Crippen LogP contribution in [-0.2, 0) is 0 Å². The molecule has 9 aromatic rings. The summed E-state index contributed by atoms with van der Waals surface area (Å²) in [6.45, 7) is 0. The van der Waals surface area contributed by atoms with Gasteiger partial charge in [-0.3, -0.25) is 0 Å². The predicted octanol–water partition coefficient (Wildman–Crippen LogP) is 10.2. The van der Waals surface area contributed by atoms with E-state index in [2.05, 4.69) is 54.6 Å². The molecule has 0 unspecified atom stereocenters. The fourth-order valence-electron chi connectivity index (χ4n) is 5.85. The molecular weight excluding hydrogens is 561 g/mol. The number of benzene rings is 6. The number of furan rings is 1. The van der Waals surface area contributed by atoms with Crippen molar-refractivity contribution in [2.24, 2.45) is 0 Å². The number of hydrogen-bond donors (Lipinski definition) is 0. The van der Waals surface area contributed by atoms with Crippen molar-refractivity contribution >= 4 is 54.3 Å². The Balaban J connectivity index is 1.37. The van der Waals surface area contributed by atoms with Gasteiger partial charge in [-0.25, -0.2) is 19.9 Å². The van der Waals surface area contributed by atoms with Crippen molar-refractivity contribution in [3.8, 4) is 44.7 Å². The van der Waals surface area contributed by atoms with E-state index < -0.39 is 0 Å². The average Bonchev–Trinajstić information content (AvgIpc) is 3.69. The minimum absolute atomic E-state index is 0.565. The maximum atomic E-state index is 6.43. The van der Waals surface area contributed by atoms with Gasteiger partial charge in [-0.2, -0.15) is 0 Å². The van der Waals surface area contributed by atoms with Gasteiger partial charge in [0.2, 0.25) is 0 Å². The highest BCUT2D eigenvalue weighted by Gasteiger charge is 2.23. The van der Waals surface area contributed by atoms with Gasteiger partial charge in [0.15, 0.2) is 17.5 Å². The summed E-state index contributed by atoms with van der Waals surface area (Å²) >= 11 is 1.65. The van der Waals surface area contributed by atoms with Crippen molar-refractivity contribution in [3.05, 3.63) is 133 Å². The molecule has 0 amide bonds. The third-order valence-electron chi connectivity index (χ3n) is 7.94. The highest BCUT2D eigenvalue weighted by molar-refractivity contribution is 7.21. The quantitative estimate of drug-likeness (QED) is 0.207. The molecule has 3 aromatic heterocycles. The van der Waals surface area contributed by atoms with Crippen LogP contribution in [0.25, 0.3) is 87.7 Å². The van der Waals surface area contributed by atoms with Gasteiger partial charge in [0.1, 0.15) is 16.2 Å². The first kappa shape index (κ1) is 24.8. The Labute approximate surface area is 256 Å². The zero-order valence-electron chi connectivity index (χ0n) is 23.3. The standard InChI is InChI=1S/C38H22N4OS/c1-3-12-24(13-4-1)35-40-36(25-14-5-2-6-15-25)42-37(41-35)33-32-28-17-9-10-18-29(28)43-30(32)22-31-34(33)39-38(44-31)27-20-19-23-11-7-8-16-26(23)21-27/h1-22H. The van der Waals surface area contributed by atoms with E-state index >= 15 is 0 Å². The first-order valence-corrected chi connectivity index (χ1v) is 15.2. The van der Waals surface area contributed by atoms with Gasteiger partial charge in [0, 0.05) is 33.5 Å². The van der Waals surface area contributed by atoms with E-state index in [9.17, 15) is 0 Å². The maximum Gasteiger partial charge on any atom is 0.167 e. The summed E-state index contributed by atoms with van der Waals surface area (Å²) in [5.41, 5.74) is 6.21. The molecule has 206 valence electrons. The van der Waals surface area contributed by atoms with Crippen molar-refractivity contribution in [2.75, 3.05) is 0 Å². The summed E-state index contributed by atoms with van der Waals surface area (Å²) < 4.78 is 7.44. The number of para-hydroxylation sites is 1. The molecule has 5 nitrogen and oxygen atoms in total. The molecule has 0 fully saturated rings. The summed E-state index contributed by atoms with van der Waals surface area (Å²) in [4.78, 5) is 20.4. The lowest BCUT2D eigenvalue weighted by Gasteiger charge is -2.10. The number of aromatic nitrogens is 4. The minimum atomic E-state index is 0.565. The number of nitrogens with zero attached hydrogens (tertiary/aromatic N) is 4. The molecule has 0 spiro atoms. The summed E-state index contributed by atoms with van der Waals surface area (Å²) in [5, 5.41) is 5.27. The predicted molar refractivity (Wildman–Crippen MR) is 180 cm³/mol. The topological polar surface area (TPSA) is 64.7 Å². The van der Waals surface area contributed by atoms with Crippen LogP contribution in [0.5, 0.6) is 0 Å². The van der Waals surface area contributed by atoms with E-state index in [0.717, 1.165) is 59.4 Å². The molecule has 6 heteroatoms. The largest absolute Gasteiger partial charge is 0.456 e. The van der Waals surface area contributed by atoms with E-state index in [4.69, 9.17) is 24.4 Å². The van der Waals surface area contributed by atoms with Crippen molar-refractivity contribution < 1.29 is 4.42 Å². The van der Waals surface area contributed by atoms with E-state index in [1.165, 1.54) is 10.8 Å². The molecule has 3 heterocycles. The second-order valence-electron chi connectivity index (χ2n) is 10.7. The van der Waals surface area contributed by atoms with Crippen LogP contribution >= 0.6 is 11.3 Å². The van der Waals surface area contributed by atoms with Crippen LogP contribution in [0, 0.1) is 0 Å². The number of hydrogen-bond acceptors (Lipinski definition) is 6. The van der Waals surface area contributed by atoms with Crippen LogP contribution < -0.4 is 0 Å². The summed E-state index contributed by atoms with van der Waals surface area (Å²) in [6, 6.07) is 45.2. The van der Waals surface area contributed by atoms with Crippen LogP contribution in [0.1, 0.15) is 0 Å². The molecule has 0 saturated heterocycles. The normalized spacial score (nSPS) is 11.6. The average molecular weight is 583 g/mol. The lowest BCUT2D eigenvalue weighted by Crippen LogP contribution is -2.01. The zero-order chi connectivity index (χ0) is 29.0. The first-order valence-electron chi connectivity index (χ1n) is 14.4. The summed E-state index contributed by atoms with van der Waals surface area (Å²) in [5.74, 6) is 1.78. The summed E-state index contributed by atoms with van der Waals surface area (Å²) in [6.07, 6.45) is 0. The number of rotatable bonds is 4. The van der Waals surface area contributed by atoms with Crippen molar-refractivity contribution in [1.82, 2.24) is 19.9 Å². The van der Waals surface area contributed by atoms with Crippen LogP contribution in [0.4, 0.5) is 0 Å². The highest BCUT2D eigenvalue weighted by atomic mass is 32.1. The van der Waals surface area contributed by atoms with Crippen molar-refractivity contribution in [3.63, 3.8) is 0 Å². The Morgan fingerprint density at radius 3 is 1.86 bits per heavy atom. The Bertz CT molecular complexity index is 2440. The fraction of sp³-hybridized carbons (Fsp3) is 0. The molecule has 0 aliphatic carbocycles. The van der Waals surface area contributed by atoms with Gasteiger partial charge in [-0.1, -0.05) is 115 Å². The molecule has 0 radical (unpaired) electrons. The molecule has 0 bridgehead atoms. The van der Waals surface area contributed by atoms with Gasteiger partial charge in [0.05, 0.1) is 15.8 Å². The minimum Gasteiger partial charge on any atom is -0.456 e. The number of fused-ring (bicyclic) bond motifs is 5. The van der Waals surface area contributed by atoms with Crippen molar-refractivity contribution in [2.45, 2.75) is 0 Å². The molecule has 44 heavy (non-hydrogen) atoms. The molecule has 0 atom stereocenters. The molecular formula is C38H22N4OS. The molecule has 0 aliphatic rings. The Hall–Kier alpha value is -5.72. The van der Waals surface area contributed by atoms with Gasteiger partial charge in [-0.05, 0) is 22.9 Å². The third-order valence-corrected chi connectivity index (χ3v) is 9.00. The van der Waals surface area contributed by atoms with E-state index in [1.807, 2.05) is 78.9 Å². The van der Waals surface area contributed by atoms with Crippen LogP contribution in [0.2, 0.25) is 0 Å². The van der Waals surface area contributed by atoms with Crippen molar-refractivity contribution in [1.29, 1.82) is 0 Å². The van der Waals surface area contributed by atoms with Gasteiger partial charge >= 0.3 is 0 Å². The van der Waals surface area contributed by atoms with Crippen LogP contribution in [-0.4, -0.2) is 19.9 Å². The Kier molecular flexibility index (Phi) is 5.61. The third kappa shape index (κ3) is 4.07. The lowest BCUT2D eigenvalue weighted by atomic mass is 10.0. The van der Waals surface area contributed by atoms with Crippen LogP contribution in [0.15, 0.2) is 138 Å². The van der Waals surface area contributed by atoms with Gasteiger partial charge < -0.3 is 4.42 Å². The monoisotopic (exact) mass is 582 g/mol. The molecule has 6 aromatic carbocycles. The molecule has 9 rings (SSSR count). The Morgan fingerprint density at radius 2 is 1.11 bits per heavy atom. The number of thiazole rings is 1. The lowest BCUT2D eigenvalue weighted by molar-refractivity contribution is 0.669. The van der Waals surface area contributed by atoms with Gasteiger partial charge in [0.25, 0.3) is 0 Å². The Morgan fingerprint density at radius 1 is 0.477 bits per heavy atom. The molecule has 0 aliphatic heterocycles. The van der Waals surface area contributed by atoms with E-state index in [0.29, 0.717) is 17.5 Å². The van der Waals surface area contributed by atoms with Crippen LogP contribution in [0.3, 0.4) is 0 Å². The smallest absolute Gasteiger partial charge is 0.167 e. The highest BCUT2D eigenvalue weighted by Crippen LogP contribution is 2.44. The van der Waals surface area contributed by atoms with Gasteiger partial charge in [-0.15, -0.1) is 11.3 Å². The molecule has 0 N–H and O–H groups in total. The summed E-state index contributed by atoms with van der Waals surface area (Å²) in [7, 11) is 0. The maximum absolute atomic E-state index is 6.43. The van der Waals surface area contributed by atoms with E-state index in [-0.39, 0.29) is 0 Å².